The number of alkyl halides is 2. The van der Waals surface area contributed by atoms with Crippen molar-refractivity contribution in [3.05, 3.63) is 35.6 Å². The van der Waals surface area contributed by atoms with Gasteiger partial charge in [-0.15, -0.1) is 0 Å². The minimum atomic E-state index is -2.84. The van der Waals surface area contributed by atoms with Crippen LogP contribution in [0.3, 0.4) is 0 Å². The summed E-state index contributed by atoms with van der Waals surface area (Å²) in [6.07, 6.45) is -2.84. The standard InChI is InChI=1S/C10H7F3N2O/c11-7-3-5(1-2-6(7)10(12)13)8-4-9(14)16-15-8/h1-4,10H,14H2. The topological polar surface area (TPSA) is 52.0 Å². The van der Waals surface area contributed by atoms with E-state index < -0.39 is 17.8 Å². The number of nitrogens with zero attached hydrogens (tertiary/aromatic N) is 1. The Morgan fingerprint density at radius 3 is 2.50 bits per heavy atom. The molecule has 0 saturated carbocycles. The van der Waals surface area contributed by atoms with Crippen molar-refractivity contribution in [1.82, 2.24) is 5.16 Å². The van der Waals surface area contributed by atoms with Crippen LogP contribution in [0.2, 0.25) is 0 Å². The Labute approximate surface area is 88.7 Å². The van der Waals surface area contributed by atoms with Crippen LogP contribution >= 0.6 is 0 Å². The van der Waals surface area contributed by atoms with Crippen molar-refractivity contribution in [2.24, 2.45) is 0 Å². The molecular weight excluding hydrogens is 221 g/mol. The molecule has 0 fully saturated rings. The summed E-state index contributed by atoms with van der Waals surface area (Å²) in [5.74, 6) is -0.901. The van der Waals surface area contributed by atoms with Crippen molar-refractivity contribution >= 4 is 5.88 Å². The smallest absolute Gasteiger partial charge is 0.266 e. The average Bonchev–Trinajstić information content (AvgIpc) is 2.64. The highest BCUT2D eigenvalue weighted by atomic mass is 19.3. The predicted octanol–water partition coefficient (Wildman–Crippen LogP) is 3.00. The first-order valence-corrected chi connectivity index (χ1v) is 4.38. The van der Waals surface area contributed by atoms with Crippen LogP contribution < -0.4 is 5.73 Å². The van der Waals surface area contributed by atoms with E-state index in [4.69, 9.17) is 5.73 Å². The molecule has 84 valence electrons. The maximum Gasteiger partial charge on any atom is 0.266 e. The lowest BCUT2D eigenvalue weighted by Gasteiger charge is -2.02. The predicted molar refractivity (Wildman–Crippen MR) is 51.3 cm³/mol. The zero-order valence-electron chi connectivity index (χ0n) is 7.95. The first kappa shape index (κ1) is 10.5. The molecule has 0 radical (unpaired) electrons. The monoisotopic (exact) mass is 228 g/mol. The van der Waals surface area contributed by atoms with Gasteiger partial charge in [-0.3, -0.25) is 0 Å². The Kier molecular flexibility index (Phi) is 2.55. The first-order valence-electron chi connectivity index (χ1n) is 4.38. The van der Waals surface area contributed by atoms with Crippen LogP contribution in [-0.4, -0.2) is 5.16 Å². The van der Waals surface area contributed by atoms with Crippen molar-refractivity contribution in [3.8, 4) is 11.3 Å². The van der Waals surface area contributed by atoms with E-state index >= 15 is 0 Å². The number of anilines is 1. The van der Waals surface area contributed by atoms with Gasteiger partial charge in [0.05, 0.1) is 5.56 Å². The fourth-order valence-electron chi connectivity index (χ4n) is 1.29. The molecule has 3 nitrogen and oxygen atoms in total. The quantitative estimate of drug-likeness (QED) is 0.859. The summed E-state index contributed by atoms with van der Waals surface area (Å²) in [6, 6.07) is 4.71. The lowest BCUT2D eigenvalue weighted by molar-refractivity contribution is 0.146. The molecule has 2 N–H and O–H groups in total. The van der Waals surface area contributed by atoms with Crippen LogP contribution in [0.1, 0.15) is 12.0 Å². The third-order valence-corrected chi connectivity index (χ3v) is 2.06. The van der Waals surface area contributed by atoms with Crippen LogP contribution in [-0.2, 0) is 0 Å². The van der Waals surface area contributed by atoms with Gasteiger partial charge in [-0.25, -0.2) is 13.2 Å². The Bertz CT molecular complexity index is 511. The number of benzene rings is 1. The van der Waals surface area contributed by atoms with Crippen LogP contribution in [0.4, 0.5) is 19.1 Å². The molecule has 16 heavy (non-hydrogen) atoms. The molecule has 0 aliphatic carbocycles. The van der Waals surface area contributed by atoms with E-state index in [1.165, 1.54) is 12.1 Å². The number of hydrogen-bond donors (Lipinski definition) is 1. The van der Waals surface area contributed by atoms with Gasteiger partial charge in [0.2, 0.25) is 5.88 Å². The first-order chi connectivity index (χ1) is 7.58. The van der Waals surface area contributed by atoms with Crippen LogP contribution in [0.5, 0.6) is 0 Å². The minimum Gasteiger partial charge on any atom is -0.368 e. The summed E-state index contributed by atoms with van der Waals surface area (Å²) in [4.78, 5) is 0. The molecule has 1 aromatic carbocycles. The third kappa shape index (κ3) is 1.86. The molecule has 0 unspecified atom stereocenters. The highest BCUT2D eigenvalue weighted by Crippen LogP contribution is 2.27. The van der Waals surface area contributed by atoms with Gasteiger partial charge in [-0.2, -0.15) is 0 Å². The molecule has 1 aromatic heterocycles. The normalized spacial score (nSPS) is 11.0. The zero-order chi connectivity index (χ0) is 11.7. The van der Waals surface area contributed by atoms with Crippen LogP contribution in [0.25, 0.3) is 11.3 Å². The average molecular weight is 228 g/mol. The van der Waals surface area contributed by atoms with Crippen molar-refractivity contribution in [3.63, 3.8) is 0 Å². The molecule has 0 amide bonds. The fourth-order valence-corrected chi connectivity index (χ4v) is 1.29. The molecule has 0 saturated heterocycles. The Balaban J connectivity index is 2.42. The number of halogens is 3. The van der Waals surface area contributed by atoms with Gasteiger partial charge < -0.3 is 10.3 Å². The number of nitrogen functional groups attached to an aromatic ring is 1. The van der Waals surface area contributed by atoms with Gasteiger partial charge in [0.25, 0.3) is 6.43 Å². The van der Waals surface area contributed by atoms with E-state index in [2.05, 4.69) is 9.68 Å². The third-order valence-electron chi connectivity index (χ3n) is 2.06. The Morgan fingerprint density at radius 1 is 1.25 bits per heavy atom. The maximum atomic E-state index is 13.2. The van der Waals surface area contributed by atoms with E-state index in [1.54, 1.807) is 0 Å². The molecule has 1 heterocycles. The molecule has 6 heteroatoms. The van der Waals surface area contributed by atoms with Crippen molar-refractivity contribution in [2.75, 3.05) is 5.73 Å². The Morgan fingerprint density at radius 2 is 2.00 bits per heavy atom. The highest BCUT2D eigenvalue weighted by molar-refractivity contribution is 5.61. The lowest BCUT2D eigenvalue weighted by Crippen LogP contribution is -1.91. The largest absolute Gasteiger partial charge is 0.368 e. The highest BCUT2D eigenvalue weighted by Gasteiger charge is 2.14. The second-order valence-electron chi connectivity index (χ2n) is 3.15. The molecule has 0 aliphatic rings. The molecule has 2 rings (SSSR count). The van der Waals surface area contributed by atoms with Crippen LogP contribution in [0.15, 0.2) is 28.8 Å². The summed E-state index contributed by atoms with van der Waals surface area (Å²) < 4.78 is 42.4. The summed E-state index contributed by atoms with van der Waals surface area (Å²) in [7, 11) is 0. The zero-order valence-corrected chi connectivity index (χ0v) is 7.95. The second-order valence-corrected chi connectivity index (χ2v) is 3.15. The molecule has 0 aliphatic heterocycles. The summed E-state index contributed by atoms with van der Waals surface area (Å²) >= 11 is 0. The van der Waals surface area contributed by atoms with Crippen molar-refractivity contribution in [1.29, 1.82) is 0 Å². The van der Waals surface area contributed by atoms with Gasteiger partial charge in [-0.1, -0.05) is 11.2 Å². The molecule has 0 atom stereocenters. The van der Waals surface area contributed by atoms with Crippen molar-refractivity contribution in [2.45, 2.75) is 6.43 Å². The van der Waals surface area contributed by atoms with Gasteiger partial charge >= 0.3 is 0 Å². The van der Waals surface area contributed by atoms with Crippen molar-refractivity contribution < 1.29 is 17.7 Å². The van der Waals surface area contributed by atoms with Crippen LogP contribution in [0, 0.1) is 5.82 Å². The van der Waals surface area contributed by atoms with E-state index in [-0.39, 0.29) is 5.88 Å². The molecule has 2 aromatic rings. The number of rotatable bonds is 2. The van der Waals surface area contributed by atoms with E-state index in [0.29, 0.717) is 11.3 Å². The lowest BCUT2D eigenvalue weighted by atomic mass is 10.1. The second kappa shape index (κ2) is 3.88. The SMILES string of the molecule is Nc1cc(-c2ccc(C(F)F)c(F)c2)no1. The molecular formula is C10H7F3N2O. The summed E-state index contributed by atoms with van der Waals surface area (Å²) in [5.41, 5.74) is 5.29. The minimum absolute atomic E-state index is 0.0772. The van der Waals surface area contributed by atoms with Gasteiger partial charge in [0, 0.05) is 11.6 Å². The molecule has 0 spiro atoms. The number of nitrogens with two attached hydrogens (primary N) is 1. The number of aromatic nitrogens is 1. The van der Waals surface area contributed by atoms with Gasteiger partial charge in [0.1, 0.15) is 11.5 Å². The number of hydrogen-bond acceptors (Lipinski definition) is 3. The van der Waals surface area contributed by atoms with Gasteiger partial charge in [-0.05, 0) is 12.1 Å². The van der Waals surface area contributed by atoms with E-state index in [0.717, 1.165) is 12.1 Å². The summed E-state index contributed by atoms with van der Waals surface area (Å²) in [6.45, 7) is 0. The Hall–Kier alpha value is -1.98. The fraction of sp³-hybridized carbons (Fsp3) is 0.100. The van der Waals surface area contributed by atoms with Gasteiger partial charge in [0.15, 0.2) is 0 Å². The molecule has 0 bridgehead atoms. The van der Waals surface area contributed by atoms with E-state index in [1.807, 2.05) is 0 Å². The summed E-state index contributed by atoms with van der Waals surface area (Å²) in [5, 5.41) is 3.55. The maximum absolute atomic E-state index is 13.2. The van der Waals surface area contributed by atoms with E-state index in [9.17, 15) is 13.2 Å².